The number of hydrogen-bond acceptors (Lipinski definition) is 3. The van der Waals surface area contributed by atoms with Crippen LogP contribution in [-0.2, 0) is 6.42 Å². The van der Waals surface area contributed by atoms with Crippen molar-refractivity contribution in [2.24, 2.45) is 0 Å². The number of rotatable bonds is 5. The van der Waals surface area contributed by atoms with Gasteiger partial charge in [-0.2, -0.15) is 5.10 Å². The Bertz CT molecular complexity index is 1270. The maximum absolute atomic E-state index is 6.05. The second kappa shape index (κ2) is 7.71. The number of aromatic amines is 2. The highest BCUT2D eigenvalue weighted by Gasteiger charge is 2.09. The largest absolute Gasteiger partial charge is 0.457 e. The first kappa shape index (κ1) is 17.9. The first-order chi connectivity index (χ1) is 14.2. The molecule has 0 atom stereocenters. The molecule has 142 valence electrons. The predicted molar refractivity (Wildman–Crippen MR) is 122 cm³/mol. The van der Waals surface area contributed by atoms with Gasteiger partial charge in [0.1, 0.15) is 17.3 Å². The van der Waals surface area contributed by atoms with Crippen LogP contribution in [0.25, 0.3) is 22.3 Å². The summed E-state index contributed by atoms with van der Waals surface area (Å²) in [4.78, 5) is 7.84. The molecule has 2 N–H and O–H groups in total. The number of benzene rings is 3. The highest BCUT2D eigenvalue weighted by atomic mass is 127. The molecule has 0 spiro atoms. The van der Waals surface area contributed by atoms with Crippen LogP contribution in [0, 0.1) is 3.57 Å². The molecule has 2 heterocycles. The van der Waals surface area contributed by atoms with E-state index in [2.05, 4.69) is 67.0 Å². The molecule has 5 nitrogen and oxygen atoms in total. The van der Waals surface area contributed by atoms with Gasteiger partial charge in [-0.25, -0.2) is 4.98 Å². The Morgan fingerprint density at radius 1 is 0.897 bits per heavy atom. The Hall–Kier alpha value is -3.13. The van der Waals surface area contributed by atoms with Gasteiger partial charge in [0.05, 0.1) is 0 Å². The lowest BCUT2D eigenvalue weighted by Gasteiger charge is -2.07. The molecule has 0 aliphatic heterocycles. The molecule has 0 bridgehead atoms. The maximum atomic E-state index is 6.05. The molecule has 0 unspecified atom stereocenters. The van der Waals surface area contributed by atoms with E-state index in [0.29, 0.717) is 5.82 Å². The minimum Gasteiger partial charge on any atom is -0.457 e. The van der Waals surface area contributed by atoms with Gasteiger partial charge in [0, 0.05) is 32.7 Å². The minimum absolute atomic E-state index is 0.664. The molecule has 3 aromatic carbocycles. The molecular formula is C23H17IN4O. The standard InChI is InChI=1S/C23H17IN4O/c24-18-6-4-15(5-7-18)12-22-26-23(28-27-22)17-2-1-3-19(14-17)29-20-8-9-21-16(13-20)10-11-25-21/h1-11,13-14,25H,12H2,(H,26,27,28). The van der Waals surface area contributed by atoms with Crippen molar-refractivity contribution in [3.63, 3.8) is 0 Å². The van der Waals surface area contributed by atoms with E-state index in [4.69, 9.17) is 4.74 Å². The number of nitrogens with one attached hydrogen (secondary N) is 2. The monoisotopic (exact) mass is 492 g/mol. The molecule has 29 heavy (non-hydrogen) atoms. The van der Waals surface area contributed by atoms with Crippen LogP contribution < -0.4 is 4.74 Å². The summed E-state index contributed by atoms with van der Waals surface area (Å²) in [7, 11) is 0. The zero-order valence-electron chi connectivity index (χ0n) is 15.4. The minimum atomic E-state index is 0.664. The molecule has 0 aliphatic carbocycles. The number of hydrogen-bond donors (Lipinski definition) is 2. The summed E-state index contributed by atoms with van der Waals surface area (Å²) >= 11 is 2.30. The summed E-state index contributed by atoms with van der Waals surface area (Å²) in [6, 6.07) is 24.3. The van der Waals surface area contributed by atoms with E-state index in [0.717, 1.165) is 40.2 Å². The van der Waals surface area contributed by atoms with Gasteiger partial charge in [-0.3, -0.25) is 5.10 Å². The number of ether oxygens (including phenoxy) is 1. The molecule has 5 rings (SSSR count). The Morgan fingerprint density at radius 3 is 2.66 bits per heavy atom. The Morgan fingerprint density at radius 2 is 1.76 bits per heavy atom. The van der Waals surface area contributed by atoms with Gasteiger partial charge in [0.15, 0.2) is 5.82 Å². The van der Waals surface area contributed by atoms with E-state index in [1.165, 1.54) is 9.13 Å². The molecule has 6 heteroatoms. The molecule has 0 amide bonds. The predicted octanol–water partition coefficient (Wildman–Crippen LogP) is 5.94. The highest BCUT2D eigenvalue weighted by Crippen LogP contribution is 2.28. The van der Waals surface area contributed by atoms with Crippen LogP contribution >= 0.6 is 22.6 Å². The van der Waals surface area contributed by atoms with Crippen molar-refractivity contribution in [3.05, 3.63) is 94.0 Å². The van der Waals surface area contributed by atoms with Gasteiger partial charge < -0.3 is 9.72 Å². The van der Waals surface area contributed by atoms with Crippen molar-refractivity contribution < 1.29 is 4.74 Å². The second-order valence-electron chi connectivity index (χ2n) is 6.77. The van der Waals surface area contributed by atoms with Crippen LogP contribution in [0.5, 0.6) is 11.5 Å². The van der Waals surface area contributed by atoms with Crippen LogP contribution in [-0.4, -0.2) is 20.2 Å². The van der Waals surface area contributed by atoms with Crippen molar-refractivity contribution >= 4 is 33.5 Å². The molecule has 0 radical (unpaired) electrons. The molecule has 2 aromatic heterocycles. The van der Waals surface area contributed by atoms with Crippen molar-refractivity contribution in [1.82, 2.24) is 20.2 Å². The zero-order valence-corrected chi connectivity index (χ0v) is 17.6. The van der Waals surface area contributed by atoms with E-state index in [-0.39, 0.29) is 0 Å². The number of halogens is 1. The third-order valence-electron chi connectivity index (χ3n) is 4.67. The van der Waals surface area contributed by atoms with Crippen molar-refractivity contribution in [2.45, 2.75) is 6.42 Å². The van der Waals surface area contributed by atoms with Gasteiger partial charge in [-0.15, -0.1) is 0 Å². The Labute approximate surface area is 181 Å². The maximum Gasteiger partial charge on any atom is 0.181 e. The van der Waals surface area contributed by atoms with Gasteiger partial charge in [-0.05, 0) is 76.7 Å². The number of H-pyrrole nitrogens is 2. The fourth-order valence-corrected chi connectivity index (χ4v) is 3.59. The van der Waals surface area contributed by atoms with Crippen LogP contribution in [0.2, 0.25) is 0 Å². The summed E-state index contributed by atoms with van der Waals surface area (Å²) in [5.74, 6) is 3.05. The fraction of sp³-hybridized carbons (Fsp3) is 0.0435. The molecule has 0 saturated heterocycles. The van der Waals surface area contributed by atoms with Gasteiger partial charge >= 0.3 is 0 Å². The number of nitrogens with zero attached hydrogens (tertiary/aromatic N) is 2. The van der Waals surface area contributed by atoms with E-state index in [1.54, 1.807) is 0 Å². The van der Waals surface area contributed by atoms with E-state index < -0.39 is 0 Å². The van der Waals surface area contributed by atoms with Crippen LogP contribution in [0.1, 0.15) is 11.4 Å². The van der Waals surface area contributed by atoms with Crippen LogP contribution in [0.4, 0.5) is 0 Å². The first-order valence-electron chi connectivity index (χ1n) is 9.24. The van der Waals surface area contributed by atoms with Gasteiger partial charge in [0.25, 0.3) is 0 Å². The van der Waals surface area contributed by atoms with E-state index in [1.807, 2.05) is 54.7 Å². The first-order valence-corrected chi connectivity index (χ1v) is 10.3. The zero-order chi connectivity index (χ0) is 19.6. The molecular weight excluding hydrogens is 475 g/mol. The van der Waals surface area contributed by atoms with Crippen molar-refractivity contribution in [2.75, 3.05) is 0 Å². The summed E-state index contributed by atoms with van der Waals surface area (Å²) in [5.41, 5.74) is 3.20. The van der Waals surface area contributed by atoms with Gasteiger partial charge in [-0.1, -0.05) is 24.3 Å². The second-order valence-corrected chi connectivity index (χ2v) is 8.01. The van der Waals surface area contributed by atoms with E-state index >= 15 is 0 Å². The van der Waals surface area contributed by atoms with Crippen molar-refractivity contribution in [1.29, 1.82) is 0 Å². The third-order valence-corrected chi connectivity index (χ3v) is 5.39. The van der Waals surface area contributed by atoms with Crippen LogP contribution in [0.15, 0.2) is 79.0 Å². The summed E-state index contributed by atoms with van der Waals surface area (Å²) < 4.78 is 7.27. The third kappa shape index (κ3) is 4.02. The Balaban J connectivity index is 1.35. The molecule has 0 saturated carbocycles. The fourth-order valence-electron chi connectivity index (χ4n) is 3.23. The Kier molecular flexibility index (Phi) is 4.77. The number of fused-ring (bicyclic) bond motifs is 1. The van der Waals surface area contributed by atoms with Crippen molar-refractivity contribution in [3.8, 4) is 22.9 Å². The quantitative estimate of drug-likeness (QED) is 0.299. The summed E-state index contributed by atoms with van der Waals surface area (Å²) in [6.07, 6.45) is 2.64. The smallest absolute Gasteiger partial charge is 0.181 e. The molecule has 0 aliphatic rings. The lowest BCUT2D eigenvalue weighted by molar-refractivity contribution is 0.483. The normalized spacial score (nSPS) is 11.1. The molecule has 5 aromatic rings. The average molecular weight is 492 g/mol. The highest BCUT2D eigenvalue weighted by molar-refractivity contribution is 14.1. The van der Waals surface area contributed by atoms with E-state index in [9.17, 15) is 0 Å². The topological polar surface area (TPSA) is 66.6 Å². The SMILES string of the molecule is Ic1ccc(Cc2nc(-c3cccc(Oc4ccc5[nH]ccc5c4)c3)n[nH]2)cc1. The lowest BCUT2D eigenvalue weighted by atomic mass is 10.1. The molecule has 0 fully saturated rings. The van der Waals surface area contributed by atoms with Gasteiger partial charge in [0.2, 0.25) is 0 Å². The lowest BCUT2D eigenvalue weighted by Crippen LogP contribution is -1.91. The van der Waals surface area contributed by atoms with Crippen LogP contribution in [0.3, 0.4) is 0 Å². The summed E-state index contributed by atoms with van der Waals surface area (Å²) in [5, 5.41) is 8.55. The average Bonchev–Trinajstić information content (AvgIpc) is 3.39. The summed E-state index contributed by atoms with van der Waals surface area (Å²) in [6.45, 7) is 0. The number of aromatic nitrogens is 4.